The van der Waals surface area contributed by atoms with Crippen LogP contribution in [0.3, 0.4) is 0 Å². The first-order valence-electron chi connectivity index (χ1n) is 7.78. The van der Waals surface area contributed by atoms with E-state index >= 15 is 0 Å². The van der Waals surface area contributed by atoms with E-state index in [1.54, 1.807) is 23.9 Å². The number of hydrogen-bond donors (Lipinski definition) is 1. The molecule has 1 N–H and O–H groups in total. The van der Waals surface area contributed by atoms with Crippen LogP contribution in [-0.2, 0) is 0 Å². The van der Waals surface area contributed by atoms with E-state index in [4.69, 9.17) is 14.4 Å². The van der Waals surface area contributed by atoms with E-state index in [2.05, 4.69) is 30.8 Å². The zero-order chi connectivity index (χ0) is 17.7. The molecule has 5 rings (SSSR count). The van der Waals surface area contributed by atoms with Gasteiger partial charge >= 0.3 is 0 Å². The van der Waals surface area contributed by atoms with Crippen molar-refractivity contribution in [1.82, 2.24) is 40.4 Å². The van der Waals surface area contributed by atoms with Gasteiger partial charge in [-0.05, 0) is 13.0 Å². The van der Waals surface area contributed by atoms with Crippen LogP contribution in [0.25, 0.3) is 39.3 Å². The summed E-state index contributed by atoms with van der Waals surface area (Å²) >= 11 is 0. The SMILES string of the molecule is COc1cccc2c1c(-c1cn[nH]n1)nn1c(-c3cc(C)on3)nnc21. The minimum Gasteiger partial charge on any atom is -0.496 e. The Morgan fingerprint density at radius 1 is 1.19 bits per heavy atom. The lowest BCUT2D eigenvalue weighted by molar-refractivity contribution is 0.399. The molecule has 0 saturated carbocycles. The van der Waals surface area contributed by atoms with Gasteiger partial charge in [-0.2, -0.15) is 25.0 Å². The van der Waals surface area contributed by atoms with Gasteiger partial charge in [0.2, 0.25) is 5.82 Å². The molecule has 0 unspecified atom stereocenters. The molecule has 0 radical (unpaired) electrons. The molecule has 0 atom stereocenters. The van der Waals surface area contributed by atoms with Gasteiger partial charge in [0.1, 0.15) is 22.9 Å². The molecule has 4 aromatic heterocycles. The summed E-state index contributed by atoms with van der Waals surface area (Å²) in [6.45, 7) is 1.81. The average Bonchev–Trinajstić information content (AvgIpc) is 3.40. The number of aromatic nitrogens is 8. The maximum absolute atomic E-state index is 5.53. The van der Waals surface area contributed by atoms with E-state index in [0.29, 0.717) is 40.1 Å². The fourth-order valence-corrected chi connectivity index (χ4v) is 2.95. The molecule has 1 aromatic carbocycles. The topological polar surface area (TPSA) is 120 Å². The summed E-state index contributed by atoms with van der Waals surface area (Å²) in [6, 6.07) is 7.47. The number of rotatable bonds is 3. The quantitative estimate of drug-likeness (QED) is 0.526. The standard InChI is InChI=1S/C16H12N8O2/c1-8-6-10(22-26-8)16-20-19-15-9-4-3-5-12(25-2)13(9)14(21-24(15)16)11-7-17-23-18-11/h3-7H,1-2H3,(H,17,18,23). The number of fused-ring (bicyclic) bond motifs is 3. The van der Waals surface area contributed by atoms with Crippen LogP contribution in [0.1, 0.15) is 5.76 Å². The monoisotopic (exact) mass is 348 g/mol. The summed E-state index contributed by atoms with van der Waals surface area (Å²) in [5, 5.41) is 29.6. The van der Waals surface area contributed by atoms with Gasteiger partial charge in [-0.3, -0.25) is 0 Å². The Kier molecular flexibility index (Phi) is 2.98. The van der Waals surface area contributed by atoms with Gasteiger partial charge in [0.05, 0.1) is 18.7 Å². The van der Waals surface area contributed by atoms with Gasteiger partial charge in [0, 0.05) is 11.5 Å². The fraction of sp³-hybridized carbons (Fsp3) is 0.125. The van der Waals surface area contributed by atoms with Crippen molar-refractivity contribution >= 4 is 16.4 Å². The Morgan fingerprint density at radius 2 is 2.12 bits per heavy atom. The molecule has 0 spiro atoms. The Balaban J connectivity index is 1.93. The maximum atomic E-state index is 5.53. The minimum absolute atomic E-state index is 0.478. The van der Waals surface area contributed by atoms with E-state index in [-0.39, 0.29) is 0 Å². The molecule has 10 heteroatoms. The zero-order valence-electron chi connectivity index (χ0n) is 13.8. The third-order valence-electron chi connectivity index (χ3n) is 4.08. The van der Waals surface area contributed by atoms with Crippen molar-refractivity contribution in [3.05, 3.63) is 36.2 Å². The molecule has 0 aliphatic carbocycles. The van der Waals surface area contributed by atoms with Gasteiger partial charge < -0.3 is 9.26 Å². The highest BCUT2D eigenvalue weighted by Gasteiger charge is 2.21. The molecule has 0 aliphatic heterocycles. The zero-order valence-corrected chi connectivity index (χ0v) is 13.8. The minimum atomic E-state index is 0.478. The highest BCUT2D eigenvalue weighted by atomic mass is 16.5. The predicted molar refractivity (Wildman–Crippen MR) is 90.5 cm³/mol. The van der Waals surface area contributed by atoms with Gasteiger partial charge in [-0.25, -0.2) is 0 Å². The number of methoxy groups -OCH3 is 1. The van der Waals surface area contributed by atoms with Crippen molar-refractivity contribution in [3.63, 3.8) is 0 Å². The van der Waals surface area contributed by atoms with Gasteiger partial charge in [-0.15, -0.1) is 10.2 Å². The summed E-state index contributed by atoms with van der Waals surface area (Å²) in [7, 11) is 1.61. The van der Waals surface area contributed by atoms with E-state index in [1.165, 1.54) is 0 Å². The number of nitrogens with one attached hydrogen (secondary N) is 1. The first-order chi connectivity index (χ1) is 12.8. The van der Waals surface area contributed by atoms with Crippen LogP contribution in [0.2, 0.25) is 0 Å². The van der Waals surface area contributed by atoms with E-state index in [0.717, 1.165) is 10.8 Å². The summed E-state index contributed by atoms with van der Waals surface area (Å²) in [4.78, 5) is 0. The third-order valence-corrected chi connectivity index (χ3v) is 4.08. The van der Waals surface area contributed by atoms with Crippen molar-refractivity contribution in [2.24, 2.45) is 0 Å². The molecular formula is C16H12N8O2. The molecule has 0 aliphatic rings. The van der Waals surface area contributed by atoms with Crippen LogP contribution in [0, 0.1) is 6.92 Å². The summed E-state index contributed by atoms with van der Waals surface area (Å²) in [5.41, 5.74) is 2.31. The molecule has 0 saturated heterocycles. The summed E-state index contributed by atoms with van der Waals surface area (Å²) in [6.07, 6.45) is 1.60. The van der Waals surface area contributed by atoms with E-state index < -0.39 is 0 Å². The highest BCUT2D eigenvalue weighted by molar-refractivity contribution is 6.04. The molecule has 128 valence electrons. The van der Waals surface area contributed by atoms with Gasteiger partial charge in [-0.1, -0.05) is 17.3 Å². The van der Waals surface area contributed by atoms with Crippen LogP contribution >= 0.6 is 0 Å². The number of H-pyrrole nitrogens is 1. The fourth-order valence-electron chi connectivity index (χ4n) is 2.95. The van der Waals surface area contributed by atoms with E-state index in [1.807, 2.05) is 25.1 Å². The van der Waals surface area contributed by atoms with Crippen molar-refractivity contribution < 1.29 is 9.26 Å². The Bertz CT molecular complexity index is 1240. The van der Waals surface area contributed by atoms with Crippen molar-refractivity contribution in [3.8, 4) is 28.7 Å². The first-order valence-corrected chi connectivity index (χ1v) is 7.78. The second-order valence-corrected chi connectivity index (χ2v) is 5.67. The second-order valence-electron chi connectivity index (χ2n) is 5.67. The molecule has 26 heavy (non-hydrogen) atoms. The predicted octanol–water partition coefficient (Wildman–Crippen LogP) is 2.03. The molecular weight excluding hydrogens is 336 g/mol. The third kappa shape index (κ3) is 1.98. The Morgan fingerprint density at radius 3 is 2.85 bits per heavy atom. The van der Waals surface area contributed by atoms with Crippen LogP contribution in [-0.4, -0.2) is 47.5 Å². The molecule has 0 bridgehead atoms. The smallest absolute Gasteiger partial charge is 0.207 e. The normalized spacial score (nSPS) is 11.5. The van der Waals surface area contributed by atoms with Crippen molar-refractivity contribution in [1.29, 1.82) is 0 Å². The van der Waals surface area contributed by atoms with Crippen LogP contribution in [0.5, 0.6) is 5.75 Å². The molecule has 0 fully saturated rings. The number of hydrogen-bond acceptors (Lipinski definition) is 8. The summed E-state index contributed by atoms with van der Waals surface area (Å²) < 4.78 is 12.3. The first kappa shape index (κ1) is 14.5. The number of benzene rings is 1. The van der Waals surface area contributed by atoms with E-state index in [9.17, 15) is 0 Å². The molecule has 10 nitrogen and oxygen atoms in total. The molecule has 5 aromatic rings. The average molecular weight is 348 g/mol. The maximum Gasteiger partial charge on any atom is 0.207 e. The van der Waals surface area contributed by atoms with Crippen molar-refractivity contribution in [2.45, 2.75) is 6.92 Å². The Hall–Kier alpha value is -3.82. The lowest BCUT2D eigenvalue weighted by Gasteiger charge is -2.09. The van der Waals surface area contributed by atoms with Crippen LogP contribution < -0.4 is 4.74 Å². The number of nitrogens with zero attached hydrogens (tertiary/aromatic N) is 7. The van der Waals surface area contributed by atoms with Gasteiger partial charge in [0.15, 0.2) is 11.3 Å². The van der Waals surface area contributed by atoms with Gasteiger partial charge in [0.25, 0.3) is 0 Å². The summed E-state index contributed by atoms with van der Waals surface area (Å²) in [5.74, 6) is 1.82. The van der Waals surface area contributed by atoms with Crippen molar-refractivity contribution in [2.75, 3.05) is 7.11 Å². The van der Waals surface area contributed by atoms with Crippen LogP contribution in [0.15, 0.2) is 35.0 Å². The number of aromatic amines is 1. The molecule has 4 heterocycles. The number of ether oxygens (including phenoxy) is 1. The number of aryl methyl sites for hydroxylation is 1. The lowest BCUT2D eigenvalue weighted by Crippen LogP contribution is -2.01. The Labute approximate surface area is 145 Å². The highest BCUT2D eigenvalue weighted by Crippen LogP contribution is 2.35. The molecule has 0 amide bonds. The van der Waals surface area contributed by atoms with Crippen LogP contribution in [0.4, 0.5) is 0 Å². The lowest BCUT2D eigenvalue weighted by atomic mass is 10.1. The largest absolute Gasteiger partial charge is 0.496 e. The second kappa shape index (κ2) is 5.34.